The summed E-state index contributed by atoms with van der Waals surface area (Å²) in [5, 5.41) is 6.93. The van der Waals surface area contributed by atoms with E-state index in [9.17, 15) is 4.79 Å². The Morgan fingerprint density at radius 1 is 1.13 bits per heavy atom. The minimum Gasteiger partial charge on any atom is -0.408 e. The maximum Gasteiger partial charge on any atom is 0.417 e. The van der Waals surface area contributed by atoms with Crippen LogP contribution in [0.25, 0.3) is 11.1 Å². The van der Waals surface area contributed by atoms with Crippen molar-refractivity contribution >= 4 is 28.6 Å². The summed E-state index contributed by atoms with van der Waals surface area (Å²) in [7, 11) is 0. The molecule has 1 aliphatic carbocycles. The zero-order valence-electron chi connectivity index (χ0n) is 18.7. The van der Waals surface area contributed by atoms with Crippen molar-refractivity contribution in [3.05, 3.63) is 40.5 Å². The van der Waals surface area contributed by atoms with E-state index >= 15 is 0 Å². The van der Waals surface area contributed by atoms with Gasteiger partial charge in [0.25, 0.3) is 0 Å². The number of H-pyrrole nitrogens is 1. The molecule has 0 spiro atoms. The highest BCUT2D eigenvalue weighted by Crippen LogP contribution is 2.28. The Kier molecular flexibility index (Phi) is 6.59. The molecule has 7 nitrogen and oxygen atoms in total. The van der Waals surface area contributed by atoms with E-state index in [2.05, 4.69) is 34.4 Å². The second-order valence-corrected chi connectivity index (χ2v) is 9.14. The van der Waals surface area contributed by atoms with Crippen molar-refractivity contribution < 1.29 is 4.42 Å². The third kappa shape index (κ3) is 5.46. The molecule has 1 aromatic carbocycles. The number of anilines is 3. The maximum atomic E-state index is 11.4. The summed E-state index contributed by atoms with van der Waals surface area (Å²) in [6.45, 7) is 6.69. The molecule has 1 fully saturated rings. The third-order valence-corrected chi connectivity index (χ3v) is 6.43. The number of aromatic nitrogens is 3. The molecule has 31 heavy (non-hydrogen) atoms. The fraction of sp³-hybridized carbons (Fsp3) is 0.542. The minimum atomic E-state index is -0.452. The van der Waals surface area contributed by atoms with Gasteiger partial charge >= 0.3 is 5.76 Å². The van der Waals surface area contributed by atoms with Crippen molar-refractivity contribution in [2.75, 3.05) is 10.6 Å². The number of rotatable bonds is 5. The molecular weight excluding hydrogens is 390 g/mol. The van der Waals surface area contributed by atoms with Crippen molar-refractivity contribution in [1.82, 2.24) is 15.0 Å². The molecule has 166 valence electrons. The van der Waals surface area contributed by atoms with Gasteiger partial charge in [-0.3, -0.25) is 4.98 Å². The van der Waals surface area contributed by atoms with Gasteiger partial charge in [0.1, 0.15) is 5.82 Å². The smallest absolute Gasteiger partial charge is 0.408 e. The predicted octanol–water partition coefficient (Wildman–Crippen LogP) is 5.76. The van der Waals surface area contributed by atoms with Gasteiger partial charge in [-0.05, 0) is 49.8 Å². The summed E-state index contributed by atoms with van der Waals surface area (Å²) in [5.74, 6) is 2.60. The topological polar surface area (TPSA) is 95.8 Å². The first-order valence-corrected chi connectivity index (χ1v) is 11.5. The Balaban J connectivity index is 1.44. The Morgan fingerprint density at radius 3 is 2.74 bits per heavy atom. The average Bonchev–Trinajstić information content (AvgIpc) is 3.15. The van der Waals surface area contributed by atoms with Crippen molar-refractivity contribution in [2.45, 2.75) is 71.8 Å². The lowest BCUT2D eigenvalue weighted by Crippen LogP contribution is -2.21. The monoisotopic (exact) mass is 423 g/mol. The molecule has 7 heteroatoms. The summed E-state index contributed by atoms with van der Waals surface area (Å²) >= 11 is 0. The van der Waals surface area contributed by atoms with Gasteiger partial charge in [0.2, 0.25) is 5.95 Å². The first kappa shape index (κ1) is 21.4. The SMILES string of the molecule is Cc1cnc(NC2CCCCC(C(C)C)CCC2)nc1Nc1ccc2oc(=O)[nH]c2c1. The molecule has 4 rings (SSSR count). The van der Waals surface area contributed by atoms with Crippen LogP contribution >= 0.6 is 0 Å². The molecule has 0 bridgehead atoms. The Morgan fingerprint density at radius 2 is 1.90 bits per heavy atom. The quantitative estimate of drug-likeness (QED) is 0.483. The Bertz CT molecular complexity index is 1070. The molecule has 2 unspecified atom stereocenters. The second-order valence-electron chi connectivity index (χ2n) is 9.14. The van der Waals surface area contributed by atoms with E-state index in [1.165, 1.54) is 32.1 Å². The first-order chi connectivity index (χ1) is 15.0. The lowest BCUT2D eigenvalue weighted by atomic mass is 9.87. The molecule has 2 aromatic heterocycles. The largest absolute Gasteiger partial charge is 0.417 e. The predicted molar refractivity (Wildman–Crippen MR) is 125 cm³/mol. The molecule has 2 atom stereocenters. The van der Waals surface area contributed by atoms with Crippen LogP contribution in [0.4, 0.5) is 17.5 Å². The van der Waals surface area contributed by atoms with Crippen LogP contribution in [0.5, 0.6) is 0 Å². The van der Waals surface area contributed by atoms with Crippen LogP contribution in [-0.4, -0.2) is 21.0 Å². The number of benzene rings is 1. The van der Waals surface area contributed by atoms with E-state index in [1.54, 1.807) is 6.07 Å². The van der Waals surface area contributed by atoms with Gasteiger partial charge in [-0.1, -0.05) is 46.0 Å². The molecule has 2 heterocycles. The standard InChI is InChI=1S/C24H33N5O2/c1-15(2)17-7-4-5-9-18(10-6-8-17)27-23-25-14-16(3)22(29-23)26-19-11-12-21-20(13-19)28-24(30)31-21/h11-15,17-18H,4-10H2,1-3H3,(H,28,30)(H2,25,26,27,29). The van der Waals surface area contributed by atoms with Gasteiger partial charge in [-0.15, -0.1) is 0 Å². The molecule has 0 radical (unpaired) electrons. The zero-order chi connectivity index (χ0) is 21.8. The van der Waals surface area contributed by atoms with Gasteiger partial charge in [0.05, 0.1) is 5.52 Å². The van der Waals surface area contributed by atoms with Gasteiger partial charge in [0, 0.05) is 23.5 Å². The number of aromatic amines is 1. The molecule has 0 amide bonds. The van der Waals surface area contributed by atoms with Crippen LogP contribution in [0.3, 0.4) is 0 Å². The fourth-order valence-corrected chi connectivity index (χ4v) is 4.51. The first-order valence-electron chi connectivity index (χ1n) is 11.5. The summed E-state index contributed by atoms with van der Waals surface area (Å²) < 4.78 is 5.07. The van der Waals surface area contributed by atoms with E-state index in [1.807, 2.05) is 25.3 Å². The number of hydrogen-bond acceptors (Lipinski definition) is 6. The average molecular weight is 424 g/mol. The van der Waals surface area contributed by atoms with Crippen LogP contribution in [0.1, 0.15) is 64.4 Å². The Labute approximate surface area is 183 Å². The highest BCUT2D eigenvalue weighted by Gasteiger charge is 2.18. The summed E-state index contributed by atoms with van der Waals surface area (Å²) in [6, 6.07) is 5.90. The van der Waals surface area contributed by atoms with E-state index in [-0.39, 0.29) is 0 Å². The van der Waals surface area contributed by atoms with Crippen LogP contribution in [0, 0.1) is 18.8 Å². The van der Waals surface area contributed by atoms with Crippen molar-refractivity contribution in [3.8, 4) is 0 Å². The van der Waals surface area contributed by atoms with Crippen molar-refractivity contribution in [1.29, 1.82) is 0 Å². The number of nitrogens with zero attached hydrogens (tertiary/aromatic N) is 2. The van der Waals surface area contributed by atoms with Crippen LogP contribution in [0.2, 0.25) is 0 Å². The van der Waals surface area contributed by atoms with Crippen molar-refractivity contribution in [3.63, 3.8) is 0 Å². The lowest BCUT2D eigenvalue weighted by Gasteiger charge is -2.20. The maximum absolute atomic E-state index is 11.4. The van der Waals surface area contributed by atoms with E-state index < -0.39 is 5.76 Å². The molecule has 3 N–H and O–H groups in total. The molecule has 0 aliphatic heterocycles. The Hall–Kier alpha value is -2.83. The number of hydrogen-bond donors (Lipinski definition) is 3. The van der Waals surface area contributed by atoms with E-state index in [0.717, 1.165) is 41.7 Å². The third-order valence-electron chi connectivity index (χ3n) is 6.43. The zero-order valence-corrected chi connectivity index (χ0v) is 18.7. The molecule has 3 aromatic rings. The molecule has 0 saturated heterocycles. The highest BCUT2D eigenvalue weighted by molar-refractivity contribution is 5.78. The van der Waals surface area contributed by atoms with E-state index in [0.29, 0.717) is 23.1 Å². The van der Waals surface area contributed by atoms with Gasteiger partial charge in [0.15, 0.2) is 5.58 Å². The normalized spacial score (nSPS) is 20.3. The summed E-state index contributed by atoms with van der Waals surface area (Å²) in [6.07, 6.45) is 10.6. The van der Waals surface area contributed by atoms with Crippen LogP contribution in [0.15, 0.2) is 33.6 Å². The minimum absolute atomic E-state index is 0.411. The van der Waals surface area contributed by atoms with Crippen molar-refractivity contribution in [2.24, 2.45) is 11.8 Å². The van der Waals surface area contributed by atoms with Gasteiger partial charge in [-0.2, -0.15) is 4.98 Å². The van der Waals surface area contributed by atoms with Crippen LogP contribution < -0.4 is 16.4 Å². The van der Waals surface area contributed by atoms with Gasteiger partial charge in [-0.25, -0.2) is 9.78 Å². The molecular formula is C24H33N5O2. The van der Waals surface area contributed by atoms with Crippen LogP contribution in [-0.2, 0) is 0 Å². The fourth-order valence-electron chi connectivity index (χ4n) is 4.51. The number of oxazole rings is 1. The molecule has 1 aliphatic rings. The summed E-state index contributed by atoms with van der Waals surface area (Å²) in [5.41, 5.74) is 2.99. The van der Waals surface area contributed by atoms with Gasteiger partial charge < -0.3 is 15.1 Å². The van der Waals surface area contributed by atoms with E-state index in [4.69, 9.17) is 9.40 Å². The number of aryl methyl sites for hydroxylation is 1. The summed E-state index contributed by atoms with van der Waals surface area (Å²) in [4.78, 5) is 23.3. The highest BCUT2D eigenvalue weighted by atomic mass is 16.4. The number of fused-ring (bicyclic) bond motifs is 1. The second kappa shape index (κ2) is 9.54. The molecule has 1 saturated carbocycles. The lowest BCUT2D eigenvalue weighted by molar-refractivity contribution is 0.323. The number of nitrogens with one attached hydrogen (secondary N) is 3.